The van der Waals surface area contributed by atoms with Crippen LogP contribution in [0.1, 0.15) is 27.5 Å². The number of fused-ring (bicyclic) bond motifs is 3. The zero-order valence-electron chi connectivity index (χ0n) is 16.7. The average Bonchev–Trinajstić information content (AvgIpc) is 3.14. The van der Waals surface area contributed by atoms with Crippen molar-refractivity contribution in [1.82, 2.24) is 9.97 Å². The predicted molar refractivity (Wildman–Crippen MR) is 120 cm³/mol. The van der Waals surface area contributed by atoms with Crippen LogP contribution in [0.2, 0.25) is 0 Å². The molecule has 2 heterocycles. The number of anilines is 1. The minimum Gasteiger partial charge on any atom is -0.328 e. The molecular formula is C24H17F2N3O2S. The van der Waals surface area contributed by atoms with Crippen molar-refractivity contribution in [2.45, 2.75) is 19.3 Å². The Bertz CT molecular complexity index is 1370. The van der Waals surface area contributed by atoms with Gasteiger partial charge in [0.2, 0.25) is 5.56 Å². The summed E-state index contributed by atoms with van der Waals surface area (Å²) in [6, 6.07) is 12.7. The lowest BCUT2D eigenvalue weighted by Gasteiger charge is -2.09. The van der Waals surface area contributed by atoms with Gasteiger partial charge in [-0.25, -0.2) is 13.8 Å². The highest BCUT2D eigenvalue weighted by Crippen LogP contribution is 2.39. The number of aromatic nitrogens is 2. The van der Waals surface area contributed by atoms with Crippen LogP contribution in [0.25, 0.3) is 21.6 Å². The van der Waals surface area contributed by atoms with Crippen LogP contribution in [-0.4, -0.2) is 15.9 Å². The van der Waals surface area contributed by atoms with Gasteiger partial charge in [-0.1, -0.05) is 18.2 Å². The Morgan fingerprint density at radius 1 is 1.03 bits per heavy atom. The highest BCUT2D eigenvalue weighted by atomic mass is 32.1. The van der Waals surface area contributed by atoms with E-state index < -0.39 is 23.2 Å². The van der Waals surface area contributed by atoms with E-state index in [1.54, 1.807) is 12.3 Å². The smallest absolute Gasteiger partial charge is 0.284 e. The van der Waals surface area contributed by atoms with Crippen molar-refractivity contribution in [3.05, 3.63) is 93.0 Å². The van der Waals surface area contributed by atoms with Crippen LogP contribution >= 0.6 is 11.3 Å². The molecule has 0 fully saturated rings. The quantitative estimate of drug-likeness (QED) is 0.452. The van der Waals surface area contributed by atoms with E-state index >= 15 is 0 Å². The topological polar surface area (TPSA) is 74.8 Å². The second-order valence-corrected chi connectivity index (χ2v) is 8.51. The van der Waals surface area contributed by atoms with Gasteiger partial charge in [-0.05, 0) is 65.8 Å². The highest BCUT2D eigenvalue weighted by Gasteiger charge is 2.23. The minimum atomic E-state index is -0.840. The average molecular weight is 449 g/mol. The highest BCUT2D eigenvalue weighted by molar-refractivity contribution is 7.17. The maximum Gasteiger partial charge on any atom is 0.284 e. The number of amides is 1. The molecule has 0 saturated carbocycles. The van der Waals surface area contributed by atoms with Gasteiger partial charge in [0.05, 0.1) is 10.6 Å². The summed E-state index contributed by atoms with van der Waals surface area (Å²) in [6.07, 6.45) is 4.13. The van der Waals surface area contributed by atoms with Gasteiger partial charge in [-0.3, -0.25) is 9.59 Å². The summed E-state index contributed by atoms with van der Waals surface area (Å²) in [4.78, 5) is 32.2. The minimum absolute atomic E-state index is 0.153. The molecule has 1 aliphatic carbocycles. The maximum atomic E-state index is 13.9. The number of carbonyl (C=O) groups is 1. The number of benzene rings is 2. The van der Waals surface area contributed by atoms with E-state index in [0.29, 0.717) is 6.42 Å². The molecule has 0 aliphatic heterocycles. The fraction of sp³-hybridized carbons (Fsp3) is 0.125. The van der Waals surface area contributed by atoms with E-state index in [9.17, 15) is 18.4 Å². The van der Waals surface area contributed by atoms with Gasteiger partial charge >= 0.3 is 0 Å². The SMILES string of the molecule is O=C(Nc1c(F)cccc1F)c1nc2c(s1)-c1cc(-c3ccc(=O)[nH]c3)ccc1CCC2. The van der Waals surface area contributed by atoms with Gasteiger partial charge in [0, 0.05) is 12.3 Å². The number of rotatable bonds is 3. The number of para-hydroxylation sites is 1. The van der Waals surface area contributed by atoms with Crippen LogP contribution in [0.4, 0.5) is 14.5 Å². The van der Waals surface area contributed by atoms with Crippen molar-refractivity contribution in [3.63, 3.8) is 0 Å². The van der Waals surface area contributed by atoms with Crippen LogP contribution < -0.4 is 10.9 Å². The largest absolute Gasteiger partial charge is 0.328 e. The molecule has 2 aromatic carbocycles. The van der Waals surface area contributed by atoms with E-state index in [1.165, 1.54) is 23.5 Å². The molecule has 1 amide bonds. The molecule has 0 bridgehead atoms. The molecule has 2 N–H and O–H groups in total. The second kappa shape index (κ2) is 8.12. The number of halogens is 2. The van der Waals surface area contributed by atoms with E-state index in [1.807, 2.05) is 12.1 Å². The number of nitrogens with one attached hydrogen (secondary N) is 2. The number of aryl methyl sites for hydroxylation is 2. The van der Waals surface area contributed by atoms with Gasteiger partial charge in [0.15, 0.2) is 5.01 Å². The predicted octanol–water partition coefficient (Wildman–Crippen LogP) is 5.18. The normalized spacial score (nSPS) is 12.6. The van der Waals surface area contributed by atoms with Crippen molar-refractivity contribution in [1.29, 1.82) is 0 Å². The standard InChI is InChI=1S/C24H17F2N3O2S/c25-17-4-2-5-18(26)21(17)29-23(31)24-28-19-6-1-3-13-7-8-14(11-16(13)22(19)32-24)15-9-10-20(30)27-12-15/h2,4-5,7-12H,1,3,6H2,(H,27,30)(H,29,31). The number of carbonyl (C=O) groups excluding carboxylic acids is 1. The van der Waals surface area contributed by atoms with E-state index in [0.717, 1.165) is 57.8 Å². The van der Waals surface area contributed by atoms with Gasteiger partial charge in [-0.15, -0.1) is 11.3 Å². The third-order valence-electron chi connectivity index (χ3n) is 5.42. The molecule has 160 valence electrons. The van der Waals surface area contributed by atoms with Gasteiger partial charge in [0.25, 0.3) is 5.91 Å². The summed E-state index contributed by atoms with van der Waals surface area (Å²) >= 11 is 1.21. The first kappa shape index (κ1) is 20.3. The summed E-state index contributed by atoms with van der Waals surface area (Å²) in [5.74, 6) is -2.33. The number of pyridine rings is 1. The van der Waals surface area contributed by atoms with E-state index in [-0.39, 0.29) is 10.6 Å². The van der Waals surface area contributed by atoms with Crippen molar-refractivity contribution in [2.24, 2.45) is 0 Å². The molecule has 32 heavy (non-hydrogen) atoms. The summed E-state index contributed by atoms with van der Waals surface area (Å²) in [5, 5.41) is 2.46. The Balaban J connectivity index is 1.53. The Labute approximate surface area is 185 Å². The van der Waals surface area contributed by atoms with E-state index in [2.05, 4.69) is 21.4 Å². The second-order valence-electron chi connectivity index (χ2n) is 7.51. The molecule has 1 aliphatic rings. The monoisotopic (exact) mass is 449 g/mol. The van der Waals surface area contributed by atoms with Crippen LogP contribution in [0.15, 0.2) is 59.5 Å². The van der Waals surface area contributed by atoms with Crippen LogP contribution in [0.5, 0.6) is 0 Å². The van der Waals surface area contributed by atoms with Crippen LogP contribution in [-0.2, 0) is 12.8 Å². The molecule has 0 radical (unpaired) electrons. The number of nitrogens with zero attached hydrogens (tertiary/aromatic N) is 1. The molecule has 5 nitrogen and oxygen atoms in total. The first-order valence-corrected chi connectivity index (χ1v) is 10.9. The summed E-state index contributed by atoms with van der Waals surface area (Å²) in [6.45, 7) is 0. The van der Waals surface area contributed by atoms with Crippen molar-refractivity contribution >= 4 is 22.9 Å². The van der Waals surface area contributed by atoms with Gasteiger partial charge < -0.3 is 10.3 Å². The molecule has 5 rings (SSSR count). The lowest BCUT2D eigenvalue weighted by Crippen LogP contribution is -2.14. The number of hydrogen-bond acceptors (Lipinski definition) is 4. The third kappa shape index (κ3) is 3.73. The Kier molecular flexibility index (Phi) is 5.14. The molecule has 4 aromatic rings. The molecule has 2 aromatic heterocycles. The fourth-order valence-corrected chi connectivity index (χ4v) is 4.89. The lowest BCUT2D eigenvalue weighted by atomic mass is 9.98. The zero-order valence-corrected chi connectivity index (χ0v) is 17.6. The third-order valence-corrected chi connectivity index (χ3v) is 6.55. The fourth-order valence-electron chi connectivity index (χ4n) is 3.83. The summed E-state index contributed by atoms with van der Waals surface area (Å²) < 4.78 is 27.9. The Morgan fingerprint density at radius 2 is 1.81 bits per heavy atom. The van der Waals surface area contributed by atoms with Crippen molar-refractivity contribution in [3.8, 4) is 21.6 Å². The van der Waals surface area contributed by atoms with Crippen molar-refractivity contribution in [2.75, 3.05) is 5.32 Å². The Morgan fingerprint density at radius 3 is 2.56 bits per heavy atom. The number of H-pyrrole nitrogens is 1. The molecule has 0 atom stereocenters. The summed E-state index contributed by atoms with van der Waals surface area (Å²) in [5.41, 5.74) is 4.07. The first-order valence-electron chi connectivity index (χ1n) is 10.1. The lowest BCUT2D eigenvalue weighted by molar-refractivity contribution is 0.102. The van der Waals surface area contributed by atoms with Gasteiger partial charge in [-0.2, -0.15) is 0 Å². The van der Waals surface area contributed by atoms with Crippen molar-refractivity contribution < 1.29 is 13.6 Å². The first-order chi connectivity index (χ1) is 15.5. The molecule has 0 spiro atoms. The zero-order chi connectivity index (χ0) is 22.2. The van der Waals surface area contributed by atoms with Gasteiger partial charge in [0.1, 0.15) is 17.3 Å². The van der Waals surface area contributed by atoms with E-state index in [4.69, 9.17) is 0 Å². The molecular weight excluding hydrogens is 432 g/mol. The Hall–Kier alpha value is -3.65. The number of aromatic amines is 1. The molecule has 0 saturated heterocycles. The van der Waals surface area contributed by atoms with Crippen LogP contribution in [0, 0.1) is 11.6 Å². The summed E-state index contributed by atoms with van der Waals surface area (Å²) in [7, 11) is 0. The van der Waals surface area contributed by atoms with Crippen LogP contribution in [0.3, 0.4) is 0 Å². The molecule has 8 heteroatoms. The number of thiazole rings is 1. The molecule has 0 unspecified atom stereocenters. The maximum absolute atomic E-state index is 13.9. The number of hydrogen-bond donors (Lipinski definition) is 2.